The van der Waals surface area contributed by atoms with E-state index in [1.54, 1.807) is 0 Å². The van der Waals surface area contributed by atoms with Gasteiger partial charge in [0.1, 0.15) is 7.05 Å². The van der Waals surface area contributed by atoms with Gasteiger partial charge in [0.05, 0.1) is 10.9 Å². The number of thiophene rings is 1. The van der Waals surface area contributed by atoms with E-state index in [1.807, 2.05) is 11.3 Å². The molecular weight excluding hydrogens is 334 g/mol. The van der Waals surface area contributed by atoms with Crippen molar-refractivity contribution in [3.8, 4) is 11.3 Å². The van der Waals surface area contributed by atoms with Crippen LogP contribution in [0, 0.1) is 13.8 Å². The highest BCUT2D eigenvalue weighted by molar-refractivity contribution is 7.26. The number of aryl methyl sites for hydroxylation is 2. The van der Waals surface area contributed by atoms with Crippen LogP contribution < -0.4 is 4.57 Å². The summed E-state index contributed by atoms with van der Waals surface area (Å²) >= 11 is 1.91. The molecule has 0 aliphatic carbocycles. The number of hydrogen-bond donors (Lipinski definition) is 0. The number of benzene rings is 3. The quantitative estimate of drug-likeness (QED) is 0.310. The van der Waals surface area contributed by atoms with E-state index in [4.69, 9.17) is 0 Å². The van der Waals surface area contributed by atoms with Crippen LogP contribution >= 0.6 is 11.3 Å². The molecule has 26 heavy (non-hydrogen) atoms. The van der Waals surface area contributed by atoms with E-state index in [2.05, 4.69) is 92.3 Å². The van der Waals surface area contributed by atoms with Crippen LogP contribution in [0.5, 0.6) is 0 Å². The molecule has 0 aliphatic heterocycles. The average Bonchev–Trinajstić information content (AvgIpc) is 3.02. The van der Waals surface area contributed by atoms with Gasteiger partial charge in [-0.3, -0.25) is 0 Å². The summed E-state index contributed by atoms with van der Waals surface area (Å²) in [7, 11) is 2.16. The van der Waals surface area contributed by atoms with Crippen LogP contribution in [0.25, 0.3) is 42.2 Å². The maximum Gasteiger partial charge on any atom is 0.221 e. The van der Waals surface area contributed by atoms with Crippen LogP contribution in [0.15, 0.2) is 66.9 Å². The third kappa shape index (κ3) is 2.12. The van der Waals surface area contributed by atoms with Gasteiger partial charge in [-0.15, -0.1) is 11.3 Å². The molecule has 1 nitrogen and oxygen atoms in total. The number of fused-ring (bicyclic) bond motifs is 4. The topological polar surface area (TPSA) is 3.88 Å². The van der Waals surface area contributed by atoms with Gasteiger partial charge >= 0.3 is 0 Å². The van der Waals surface area contributed by atoms with Crippen LogP contribution in [0.1, 0.15) is 11.1 Å². The molecule has 5 rings (SSSR count). The molecule has 0 aliphatic rings. The van der Waals surface area contributed by atoms with Gasteiger partial charge in [-0.2, -0.15) is 0 Å². The SMILES string of the molecule is Cc1cc2c(sc3ccccc32)c(-c2c3ccccc3cc[n+]2C)c1C. The summed E-state index contributed by atoms with van der Waals surface area (Å²) < 4.78 is 5.02. The fourth-order valence-corrected chi connectivity index (χ4v) is 5.28. The van der Waals surface area contributed by atoms with Gasteiger partial charge in [-0.05, 0) is 48.6 Å². The van der Waals surface area contributed by atoms with E-state index in [1.165, 1.54) is 53.3 Å². The molecule has 0 bridgehead atoms. The Morgan fingerprint density at radius 1 is 0.808 bits per heavy atom. The van der Waals surface area contributed by atoms with Crippen molar-refractivity contribution in [2.24, 2.45) is 7.05 Å². The predicted molar refractivity (Wildman–Crippen MR) is 113 cm³/mol. The van der Waals surface area contributed by atoms with E-state index in [0.717, 1.165) is 0 Å². The van der Waals surface area contributed by atoms with Gasteiger partial charge in [0.15, 0.2) is 6.20 Å². The molecule has 0 saturated heterocycles. The second kappa shape index (κ2) is 5.65. The van der Waals surface area contributed by atoms with Gasteiger partial charge in [-0.1, -0.05) is 36.4 Å². The summed E-state index contributed by atoms with van der Waals surface area (Å²) in [6.07, 6.45) is 2.18. The van der Waals surface area contributed by atoms with Gasteiger partial charge in [0.25, 0.3) is 0 Å². The lowest BCUT2D eigenvalue weighted by Crippen LogP contribution is -2.30. The molecule has 5 aromatic rings. The average molecular weight is 354 g/mol. The minimum atomic E-state index is 1.29. The Balaban J connectivity index is 2.03. The van der Waals surface area contributed by atoms with Crippen molar-refractivity contribution in [1.82, 2.24) is 0 Å². The summed E-state index contributed by atoms with van der Waals surface area (Å²) in [4.78, 5) is 0. The second-order valence-electron chi connectivity index (χ2n) is 7.03. The number of nitrogens with zero attached hydrogens (tertiary/aromatic N) is 1. The highest BCUT2D eigenvalue weighted by atomic mass is 32.1. The van der Waals surface area contributed by atoms with Crippen LogP contribution in [0.3, 0.4) is 0 Å². The normalized spacial score (nSPS) is 11.7. The molecule has 2 heterocycles. The third-order valence-electron chi connectivity index (χ3n) is 5.47. The zero-order chi connectivity index (χ0) is 17.8. The lowest BCUT2D eigenvalue weighted by molar-refractivity contribution is -0.659. The van der Waals surface area contributed by atoms with Gasteiger partial charge in [-0.25, -0.2) is 4.57 Å². The highest BCUT2D eigenvalue weighted by Gasteiger charge is 2.22. The van der Waals surface area contributed by atoms with Crippen molar-refractivity contribution in [3.05, 3.63) is 78.0 Å². The van der Waals surface area contributed by atoms with Crippen molar-refractivity contribution >= 4 is 42.3 Å². The zero-order valence-electron chi connectivity index (χ0n) is 15.2. The standard InChI is InChI=1S/C24H20NS/c1-15-14-20-19-10-6-7-11-21(19)26-24(20)22(16(15)2)23-18-9-5-4-8-17(18)12-13-25(23)3/h4-14H,1-3H3/q+1. The molecule has 0 unspecified atom stereocenters. The summed E-state index contributed by atoms with van der Waals surface area (Å²) in [5.41, 5.74) is 5.40. The molecular formula is C24H20NS+. The minimum absolute atomic E-state index is 1.29. The Morgan fingerprint density at radius 2 is 1.54 bits per heavy atom. The summed E-state index contributed by atoms with van der Waals surface area (Å²) in [5.74, 6) is 0. The first-order valence-corrected chi connectivity index (χ1v) is 9.76. The Hall–Kier alpha value is -2.71. The van der Waals surface area contributed by atoms with Crippen LogP contribution in [0.2, 0.25) is 0 Å². The molecule has 0 radical (unpaired) electrons. The maximum atomic E-state index is 2.36. The van der Waals surface area contributed by atoms with Crippen LogP contribution in [0.4, 0.5) is 0 Å². The Kier molecular flexibility index (Phi) is 3.38. The van der Waals surface area contributed by atoms with Crippen molar-refractivity contribution in [2.75, 3.05) is 0 Å². The number of rotatable bonds is 1. The van der Waals surface area contributed by atoms with Crippen molar-refractivity contribution < 1.29 is 4.57 Å². The van der Waals surface area contributed by atoms with E-state index in [0.29, 0.717) is 0 Å². The molecule has 3 aromatic carbocycles. The first-order valence-electron chi connectivity index (χ1n) is 8.94. The predicted octanol–water partition coefficient (Wildman–Crippen LogP) is 6.32. The molecule has 2 heteroatoms. The molecule has 2 aromatic heterocycles. The minimum Gasteiger partial charge on any atom is -0.200 e. The summed E-state index contributed by atoms with van der Waals surface area (Å²) in [6, 6.07) is 22.0. The number of hydrogen-bond acceptors (Lipinski definition) is 1. The molecule has 0 amide bonds. The second-order valence-corrected chi connectivity index (χ2v) is 8.08. The molecule has 0 fully saturated rings. The maximum absolute atomic E-state index is 2.36. The van der Waals surface area contributed by atoms with Crippen molar-refractivity contribution in [2.45, 2.75) is 13.8 Å². The molecule has 126 valence electrons. The lowest BCUT2D eigenvalue weighted by atomic mass is 9.94. The fourth-order valence-electron chi connectivity index (χ4n) is 4.00. The molecule has 0 saturated carbocycles. The van der Waals surface area contributed by atoms with Gasteiger partial charge in [0, 0.05) is 26.2 Å². The monoisotopic (exact) mass is 354 g/mol. The van der Waals surface area contributed by atoms with Crippen molar-refractivity contribution in [3.63, 3.8) is 0 Å². The summed E-state index contributed by atoms with van der Waals surface area (Å²) in [6.45, 7) is 4.49. The van der Waals surface area contributed by atoms with Crippen LogP contribution in [-0.4, -0.2) is 0 Å². The van der Waals surface area contributed by atoms with E-state index in [-0.39, 0.29) is 0 Å². The first-order chi connectivity index (χ1) is 12.6. The zero-order valence-corrected chi connectivity index (χ0v) is 16.0. The first kappa shape index (κ1) is 15.5. The Bertz CT molecular complexity index is 1310. The van der Waals surface area contributed by atoms with Crippen molar-refractivity contribution in [1.29, 1.82) is 0 Å². The smallest absolute Gasteiger partial charge is 0.200 e. The molecule has 0 spiro atoms. The van der Waals surface area contributed by atoms with E-state index >= 15 is 0 Å². The number of pyridine rings is 1. The van der Waals surface area contributed by atoms with E-state index < -0.39 is 0 Å². The third-order valence-corrected chi connectivity index (χ3v) is 6.68. The number of aromatic nitrogens is 1. The summed E-state index contributed by atoms with van der Waals surface area (Å²) in [5, 5.41) is 5.33. The lowest BCUT2D eigenvalue weighted by Gasteiger charge is -2.11. The highest BCUT2D eigenvalue weighted by Crippen LogP contribution is 2.43. The van der Waals surface area contributed by atoms with Crippen LogP contribution in [-0.2, 0) is 7.05 Å². The Morgan fingerprint density at radius 3 is 2.38 bits per heavy atom. The van der Waals surface area contributed by atoms with Gasteiger partial charge < -0.3 is 0 Å². The molecule has 0 N–H and O–H groups in total. The largest absolute Gasteiger partial charge is 0.221 e. The molecule has 0 atom stereocenters. The van der Waals surface area contributed by atoms with E-state index in [9.17, 15) is 0 Å². The van der Waals surface area contributed by atoms with Gasteiger partial charge in [0.2, 0.25) is 5.69 Å². The Labute approximate surface area is 157 Å². The fraction of sp³-hybridized carbons (Fsp3) is 0.125.